The number of amides is 1. The van der Waals surface area contributed by atoms with E-state index < -0.39 is 10.0 Å². The first-order valence-corrected chi connectivity index (χ1v) is 10.8. The van der Waals surface area contributed by atoms with Gasteiger partial charge in [0.2, 0.25) is 15.9 Å². The molecule has 2 saturated heterocycles. The Morgan fingerprint density at radius 1 is 1.26 bits per heavy atom. The molecule has 0 bridgehead atoms. The number of rotatable bonds is 4. The lowest BCUT2D eigenvalue weighted by molar-refractivity contribution is -0.127. The molecule has 0 spiro atoms. The van der Waals surface area contributed by atoms with Crippen molar-refractivity contribution < 1.29 is 13.2 Å². The number of aromatic nitrogens is 2. The van der Waals surface area contributed by atoms with Crippen molar-refractivity contribution in [2.24, 2.45) is 5.92 Å². The third-order valence-electron chi connectivity index (χ3n) is 5.50. The Balaban J connectivity index is 0.00000261. The van der Waals surface area contributed by atoms with Crippen LogP contribution in [0, 0.1) is 19.8 Å². The van der Waals surface area contributed by atoms with Crippen molar-refractivity contribution in [2.75, 3.05) is 19.6 Å². The molecule has 8 nitrogen and oxygen atoms in total. The molecule has 3 atom stereocenters. The number of H-pyrrole nitrogens is 1. The Morgan fingerprint density at radius 2 is 2.00 bits per heavy atom. The normalized spacial score (nSPS) is 27.0. The average Bonchev–Trinajstić information content (AvgIpc) is 2.96. The van der Waals surface area contributed by atoms with Gasteiger partial charge in [0.1, 0.15) is 4.90 Å². The number of nitrogens with zero attached hydrogens (tertiary/aromatic N) is 2. The maximum Gasteiger partial charge on any atom is 0.246 e. The highest BCUT2D eigenvalue weighted by Crippen LogP contribution is 2.27. The van der Waals surface area contributed by atoms with Gasteiger partial charge in [-0.3, -0.25) is 9.89 Å². The number of hydrogen-bond acceptors (Lipinski definition) is 5. The molecule has 2 aliphatic rings. The van der Waals surface area contributed by atoms with Crippen molar-refractivity contribution in [3.63, 3.8) is 0 Å². The molecule has 27 heavy (non-hydrogen) atoms. The second kappa shape index (κ2) is 8.89. The first-order valence-electron chi connectivity index (χ1n) is 9.36. The van der Waals surface area contributed by atoms with Crippen LogP contribution in [-0.2, 0) is 14.8 Å². The molecule has 2 aliphatic heterocycles. The number of piperidine rings is 2. The Kier molecular flexibility index (Phi) is 7.29. The summed E-state index contributed by atoms with van der Waals surface area (Å²) in [6, 6.07) is 0.356. The predicted molar refractivity (Wildman–Crippen MR) is 105 cm³/mol. The first kappa shape index (κ1) is 22.1. The molecule has 0 aliphatic carbocycles. The minimum Gasteiger partial charge on any atom is -0.352 e. The van der Waals surface area contributed by atoms with Gasteiger partial charge in [0.25, 0.3) is 0 Å². The van der Waals surface area contributed by atoms with Crippen molar-refractivity contribution in [1.29, 1.82) is 0 Å². The third-order valence-corrected chi connectivity index (χ3v) is 7.63. The standard InChI is InChI=1S/C17H29N5O3S.ClH/c1-11-15(7-4-8-18-11)19-17(23)14-6-5-9-22(10-14)26(24,25)16-12(2)20-21-13(16)3;/h11,14-15,18H,4-10H2,1-3H3,(H,19,23)(H,20,21);1H. The summed E-state index contributed by atoms with van der Waals surface area (Å²) in [6.07, 6.45) is 3.41. The van der Waals surface area contributed by atoms with E-state index in [0.717, 1.165) is 25.8 Å². The molecule has 1 amide bonds. The predicted octanol–water partition coefficient (Wildman–Crippen LogP) is 1.11. The quantitative estimate of drug-likeness (QED) is 0.677. The smallest absolute Gasteiger partial charge is 0.246 e. The minimum absolute atomic E-state index is 0. The summed E-state index contributed by atoms with van der Waals surface area (Å²) in [7, 11) is -3.64. The Labute approximate surface area is 167 Å². The van der Waals surface area contributed by atoms with Crippen LogP contribution >= 0.6 is 12.4 Å². The number of hydrogen-bond donors (Lipinski definition) is 3. The monoisotopic (exact) mass is 419 g/mol. The van der Waals surface area contributed by atoms with Crippen molar-refractivity contribution in [1.82, 2.24) is 25.1 Å². The van der Waals surface area contributed by atoms with E-state index in [4.69, 9.17) is 0 Å². The fourth-order valence-electron chi connectivity index (χ4n) is 3.97. The van der Waals surface area contributed by atoms with Gasteiger partial charge in [0.15, 0.2) is 0 Å². The van der Waals surface area contributed by atoms with Crippen LogP contribution in [0.4, 0.5) is 0 Å². The van der Waals surface area contributed by atoms with E-state index in [2.05, 4.69) is 27.8 Å². The SMILES string of the molecule is Cc1n[nH]c(C)c1S(=O)(=O)N1CCCC(C(=O)NC2CCCNC2C)C1.Cl. The van der Waals surface area contributed by atoms with Crippen LogP contribution in [0.1, 0.15) is 44.0 Å². The molecule has 1 aromatic heterocycles. The van der Waals surface area contributed by atoms with Gasteiger partial charge in [-0.15, -0.1) is 12.4 Å². The minimum atomic E-state index is -3.64. The van der Waals surface area contributed by atoms with Gasteiger partial charge >= 0.3 is 0 Å². The molecule has 154 valence electrons. The molecule has 1 aromatic rings. The second-order valence-electron chi connectivity index (χ2n) is 7.47. The highest BCUT2D eigenvalue weighted by atomic mass is 35.5. The van der Waals surface area contributed by atoms with Crippen LogP contribution in [0.25, 0.3) is 0 Å². The molecular formula is C17H30ClN5O3S. The largest absolute Gasteiger partial charge is 0.352 e. The molecule has 3 unspecified atom stereocenters. The van der Waals surface area contributed by atoms with E-state index in [0.29, 0.717) is 24.4 Å². The van der Waals surface area contributed by atoms with Gasteiger partial charge in [-0.05, 0) is 53.0 Å². The van der Waals surface area contributed by atoms with Crippen LogP contribution in [0.15, 0.2) is 4.90 Å². The summed E-state index contributed by atoms with van der Waals surface area (Å²) >= 11 is 0. The van der Waals surface area contributed by atoms with Gasteiger partial charge in [0.05, 0.1) is 17.3 Å². The fourth-order valence-corrected chi connectivity index (χ4v) is 5.82. The van der Waals surface area contributed by atoms with Crippen molar-refractivity contribution >= 4 is 28.3 Å². The molecule has 10 heteroatoms. The van der Waals surface area contributed by atoms with Gasteiger partial charge in [0, 0.05) is 25.2 Å². The van der Waals surface area contributed by atoms with E-state index in [-0.39, 0.29) is 47.8 Å². The highest BCUT2D eigenvalue weighted by Gasteiger charge is 2.36. The molecule has 3 N–H and O–H groups in total. The number of carbonyl (C=O) groups is 1. The van der Waals surface area contributed by atoms with Crippen LogP contribution in [-0.4, -0.2) is 60.5 Å². The number of aromatic amines is 1. The third kappa shape index (κ3) is 4.64. The van der Waals surface area contributed by atoms with Crippen molar-refractivity contribution in [2.45, 2.75) is 63.4 Å². The van der Waals surface area contributed by atoms with Crippen LogP contribution < -0.4 is 10.6 Å². The average molecular weight is 420 g/mol. The highest BCUT2D eigenvalue weighted by molar-refractivity contribution is 7.89. The molecular weight excluding hydrogens is 390 g/mol. The number of sulfonamides is 1. The molecule has 3 heterocycles. The number of halogens is 1. The lowest BCUT2D eigenvalue weighted by Crippen LogP contribution is -2.54. The summed E-state index contributed by atoms with van der Waals surface area (Å²) < 4.78 is 27.5. The molecule has 0 saturated carbocycles. The van der Waals surface area contributed by atoms with Crippen LogP contribution in [0.2, 0.25) is 0 Å². The summed E-state index contributed by atoms with van der Waals surface area (Å²) in [5, 5.41) is 13.2. The Morgan fingerprint density at radius 3 is 2.63 bits per heavy atom. The van der Waals surface area contributed by atoms with Gasteiger partial charge in [-0.1, -0.05) is 0 Å². The Bertz CT molecular complexity index is 747. The van der Waals surface area contributed by atoms with Gasteiger partial charge < -0.3 is 10.6 Å². The van der Waals surface area contributed by atoms with E-state index in [9.17, 15) is 13.2 Å². The van der Waals surface area contributed by atoms with E-state index in [1.165, 1.54) is 4.31 Å². The summed E-state index contributed by atoms with van der Waals surface area (Å²) in [5.41, 5.74) is 1.01. The van der Waals surface area contributed by atoms with E-state index >= 15 is 0 Å². The molecule has 0 radical (unpaired) electrons. The van der Waals surface area contributed by atoms with E-state index in [1.54, 1.807) is 13.8 Å². The first-order chi connectivity index (χ1) is 12.3. The van der Waals surface area contributed by atoms with Crippen molar-refractivity contribution in [3.8, 4) is 0 Å². The second-order valence-corrected chi connectivity index (χ2v) is 9.34. The number of nitrogens with one attached hydrogen (secondary N) is 3. The van der Waals surface area contributed by atoms with Crippen molar-refractivity contribution in [3.05, 3.63) is 11.4 Å². The fraction of sp³-hybridized carbons (Fsp3) is 0.765. The maximum atomic E-state index is 13.0. The zero-order valence-electron chi connectivity index (χ0n) is 16.1. The number of carbonyl (C=O) groups excluding carboxylic acids is 1. The topological polar surface area (TPSA) is 107 Å². The lowest BCUT2D eigenvalue weighted by Gasteiger charge is -2.35. The molecule has 3 rings (SSSR count). The maximum absolute atomic E-state index is 13.0. The van der Waals surface area contributed by atoms with Gasteiger partial charge in [-0.2, -0.15) is 9.40 Å². The van der Waals surface area contributed by atoms with Crippen LogP contribution in [0.5, 0.6) is 0 Å². The zero-order valence-corrected chi connectivity index (χ0v) is 17.8. The van der Waals surface area contributed by atoms with E-state index in [1.807, 2.05) is 0 Å². The lowest BCUT2D eigenvalue weighted by atomic mass is 9.95. The zero-order chi connectivity index (χ0) is 18.9. The van der Waals surface area contributed by atoms with Gasteiger partial charge in [-0.25, -0.2) is 8.42 Å². The summed E-state index contributed by atoms with van der Waals surface area (Å²) in [4.78, 5) is 13.0. The number of aryl methyl sites for hydroxylation is 2. The summed E-state index contributed by atoms with van der Waals surface area (Å²) in [6.45, 7) is 7.11. The molecule has 0 aromatic carbocycles. The summed E-state index contributed by atoms with van der Waals surface area (Å²) in [5.74, 6) is -0.341. The Hall–Kier alpha value is -1.16. The van der Waals surface area contributed by atoms with Crippen LogP contribution in [0.3, 0.4) is 0 Å². The molecule has 2 fully saturated rings.